The molecular weight excluding hydrogens is 288 g/mol. The second-order valence-electron chi connectivity index (χ2n) is 7.59. The van der Waals surface area contributed by atoms with Crippen molar-refractivity contribution < 1.29 is 9.53 Å². The van der Waals surface area contributed by atoms with Crippen LogP contribution in [0, 0.1) is 0 Å². The normalized spacial score (nSPS) is 21.0. The molecule has 0 aromatic rings. The summed E-state index contributed by atoms with van der Waals surface area (Å²) in [6.07, 6.45) is 6.49. The third kappa shape index (κ3) is 5.79. The van der Waals surface area contributed by atoms with Crippen LogP contribution in [0.1, 0.15) is 46.5 Å². The summed E-state index contributed by atoms with van der Waals surface area (Å²) in [5.74, 6) is 0. The Kier molecular flexibility index (Phi) is 6.45. The van der Waals surface area contributed by atoms with Gasteiger partial charge in [0, 0.05) is 32.2 Å². The van der Waals surface area contributed by atoms with Crippen LogP contribution in [0.3, 0.4) is 0 Å². The summed E-state index contributed by atoms with van der Waals surface area (Å²) >= 11 is 0. The molecule has 2 fully saturated rings. The van der Waals surface area contributed by atoms with E-state index in [1.54, 1.807) is 0 Å². The Labute approximate surface area is 142 Å². The Morgan fingerprint density at radius 1 is 1.26 bits per heavy atom. The highest BCUT2D eigenvalue weighted by Crippen LogP contribution is 2.24. The molecule has 0 atom stereocenters. The number of rotatable bonds is 3. The lowest BCUT2D eigenvalue weighted by Gasteiger charge is -2.40. The number of piperidine rings is 2. The second kappa shape index (κ2) is 8.13. The first-order chi connectivity index (χ1) is 10.9. The highest BCUT2D eigenvalue weighted by Gasteiger charge is 2.30. The van der Waals surface area contributed by atoms with Gasteiger partial charge in [-0.1, -0.05) is 5.57 Å². The predicted molar refractivity (Wildman–Crippen MR) is 98.5 cm³/mol. The first kappa shape index (κ1) is 18.2. The number of hydrogen-bond donors (Lipinski definition) is 1. The number of amides is 1. The van der Waals surface area contributed by atoms with Crippen LogP contribution in [0.2, 0.25) is 0 Å². The lowest BCUT2D eigenvalue weighted by molar-refractivity contribution is 0.0138. The molecule has 2 saturated heterocycles. The van der Waals surface area contributed by atoms with Gasteiger partial charge in [0.2, 0.25) is 0 Å². The van der Waals surface area contributed by atoms with Crippen LogP contribution in [-0.4, -0.2) is 68.8 Å². The van der Waals surface area contributed by atoms with E-state index in [0.29, 0.717) is 6.04 Å². The summed E-state index contributed by atoms with van der Waals surface area (Å²) in [5.41, 5.74) is 1.13. The van der Waals surface area contributed by atoms with Crippen molar-refractivity contribution in [2.45, 2.75) is 58.1 Å². The Bertz CT molecular complexity index is 420. The maximum Gasteiger partial charge on any atom is 0.410 e. The molecule has 0 unspecified atom stereocenters. The van der Waals surface area contributed by atoms with E-state index in [1.807, 2.05) is 25.7 Å². The smallest absolute Gasteiger partial charge is 0.410 e. The van der Waals surface area contributed by atoms with Crippen LogP contribution in [0.4, 0.5) is 4.79 Å². The number of nitrogens with zero attached hydrogens (tertiary/aromatic N) is 2. The Morgan fingerprint density at radius 2 is 1.87 bits per heavy atom. The maximum atomic E-state index is 12.1. The number of hydrogen-bond acceptors (Lipinski definition) is 4. The molecule has 1 N–H and O–H groups in total. The van der Waals surface area contributed by atoms with E-state index in [9.17, 15) is 4.79 Å². The molecule has 0 radical (unpaired) electrons. The summed E-state index contributed by atoms with van der Waals surface area (Å²) in [4.78, 5) is 16.6. The van der Waals surface area contributed by atoms with Crippen molar-refractivity contribution >= 4 is 21.1 Å². The van der Waals surface area contributed by atoms with E-state index in [-0.39, 0.29) is 6.09 Å². The Hall–Kier alpha value is -1.10. The molecule has 1 amide bonds. The van der Waals surface area contributed by atoms with E-state index in [4.69, 9.17) is 4.74 Å². The molecule has 5 nitrogen and oxygen atoms in total. The van der Waals surface area contributed by atoms with E-state index in [1.165, 1.54) is 18.4 Å². The van der Waals surface area contributed by atoms with Gasteiger partial charge in [-0.3, -0.25) is 4.90 Å². The molecule has 0 aliphatic carbocycles. The third-order valence-electron chi connectivity index (χ3n) is 4.58. The zero-order valence-electron chi connectivity index (χ0n) is 15.2. The Morgan fingerprint density at radius 3 is 2.39 bits per heavy atom. The van der Waals surface area contributed by atoms with Crippen molar-refractivity contribution in [2.75, 3.05) is 26.2 Å². The highest BCUT2D eigenvalue weighted by molar-refractivity contribution is 6.87. The Balaban J connectivity index is 1.74. The molecule has 7 heteroatoms. The summed E-state index contributed by atoms with van der Waals surface area (Å²) in [7, 11) is 3.13. The molecular formula is C16H31B2N3O2. The molecule has 0 aromatic heterocycles. The third-order valence-corrected chi connectivity index (χ3v) is 4.58. The summed E-state index contributed by atoms with van der Waals surface area (Å²) in [6.45, 7) is 9.69. The zero-order chi connectivity index (χ0) is 16.9. The number of nitrogens with one attached hydrogen (secondary N) is 1. The minimum atomic E-state index is -0.407. The average molecular weight is 319 g/mol. The van der Waals surface area contributed by atoms with Crippen molar-refractivity contribution in [3.8, 4) is 0 Å². The lowest BCUT2D eigenvalue weighted by Crippen LogP contribution is -2.49. The SMILES string of the molecule is BBNC=C1CCN(C2CCN(C(=O)OC(C)(C)C)CC2)CC1. The number of ether oxygens (including phenoxy) is 1. The monoisotopic (exact) mass is 319 g/mol. The fourth-order valence-corrected chi connectivity index (χ4v) is 3.31. The second-order valence-corrected chi connectivity index (χ2v) is 7.59. The van der Waals surface area contributed by atoms with Crippen LogP contribution in [-0.2, 0) is 4.74 Å². The van der Waals surface area contributed by atoms with Crippen molar-refractivity contribution in [1.82, 2.24) is 15.0 Å². The molecule has 2 aliphatic rings. The minimum Gasteiger partial charge on any atom is -0.444 e. The van der Waals surface area contributed by atoms with Gasteiger partial charge in [0.1, 0.15) is 5.60 Å². The van der Waals surface area contributed by atoms with Crippen LogP contribution >= 0.6 is 0 Å². The van der Waals surface area contributed by atoms with Gasteiger partial charge in [0.25, 0.3) is 0 Å². The van der Waals surface area contributed by atoms with Crippen LogP contribution in [0.25, 0.3) is 0 Å². The first-order valence-corrected chi connectivity index (χ1v) is 9.02. The van der Waals surface area contributed by atoms with E-state index in [0.717, 1.165) is 46.3 Å². The van der Waals surface area contributed by atoms with E-state index in [2.05, 4.69) is 24.1 Å². The zero-order valence-corrected chi connectivity index (χ0v) is 15.2. The van der Waals surface area contributed by atoms with Crippen LogP contribution < -0.4 is 5.23 Å². The van der Waals surface area contributed by atoms with Crippen molar-refractivity contribution in [2.24, 2.45) is 0 Å². The van der Waals surface area contributed by atoms with Gasteiger partial charge in [-0.2, -0.15) is 0 Å². The van der Waals surface area contributed by atoms with Gasteiger partial charge in [-0.25, -0.2) is 4.79 Å². The molecule has 23 heavy (non-hydrogen) atoms. The fraction of sp³-hybridized carbons (Fsp3) is 0.812. The first-order valence-electron chi connectivity index (χ1n) is 9.02. The summed E-state index contributed by atoms with van der Waals surface area (Å²) in [5, 5.41) is 3.31. The van der Waals surface area contributed by atoms with Gasteiger partial charge in [0.05, 0.1) is 7.74 Å². The van der Waals surface area contributed by atoms with Gasteiger partial charge in [0.15, 0.2) is 7.31 Å². The maximum absolute atomic E-state index is 12.1. The van der Waals surface area contributed by atoms with E-state index >= 15 is 0 Å². The standard InChI is InChI=1S/C16H31B2N3O2/c1-16(2,3)23-15(22)21-10-6-14(7-11-21)20-8-4-13(5-9-20)12-19-18-17/h12,14,18-19H,4-11,17H2,1-3H3. The van der Waals surface area contributed by atoms with Crippen molar-refractivity contribution in [1.29, 1.82) is 0 Å². The van der Waals surface area contributed by atoms with Crippen molar-refractivity contribution in [3.63, 3.8) is 0 Å². The minimum absolute atomic E-state index is 0.162. The predicted octanol–water partition coefficient (Wildman–Crippen LogP) is 0.855. The summed E-state index contributed by atoms with van der Waals surface area (Å²) < 4.78 is 5.47. The quantitative estimate of drug-likeness (QED) is 0.784. The van der Waals surface area contributed by atoms with Crippen LogP contribution in [0.15, 0.2) is 11.8 Å². The molecule has 0 saturated carbocycles. The molecule has 0 spiro atoms. The highest BCUT2D eigenvalue weighted by atomic mass is 16.6. The van der Waals surface area contributed by atoms with Crippen molar-refractivity contribution in [3.05, 3.63) is 11.8 Å². The number of carbonyl (C=O) groups is 1. The average Bonchev–Trinajstić information content (AvgIpc) is 2.52. The van der Waals surface area contributed by atoms with Gasteiger partial charge in [-0.05, 0) is 52.7 Å². The largest absolute Gasteiger partial charge is 0.444 e. The van der Waals surface area contributed by atoms with E-state index < -0.39 is 5.60 Å². The molecule has 2 aliphatic heterocycles. The molecule has 128 valence electrons. The van der Waals surface area contributed by atoms with Gasteiger partial charge in [-0.15, -0.1) is 0 Å². The molecule has 0 bridgehead atoms. The fourth-order valence-electron chi connectivity index (χ4n) is 3.31. The lowest BCUT2D eigenvalue weighted by atomic mass is 9.67. The molecule has 0 aromatic carbocycles. The topological polar surface area (TPSA) is 44.8 Å². The number of carbonyl (C=O) groups excluding carboxylic acids is 1. The van der Waals surface area contributed by atoms with Crippen LogP contribution in [0.5, 0.6) is 0 Å². The molecule has 2 rings (SSSR count). The number of likely N-dealkylation sites (tertiary alicyclic amines) is 2. The van der Waals surface area contributed by atoms with Gasteiger partial charge < -0.3 is 14.9 Å². The van der Waals surface area contributed by atoms with Gasteiger partial charge >= 0.3 is 6.09 Å². The molecule has 2 heterocycles. The summed E-state index contributed by atoms with van der Waals surface area (Å²) in [6, 6.07) is 0.620.